The Balaban J connectivity index is 2.10. The van der Waals surface area contributed by atoms with Crippen LogP contribution >= 0.6 is 7.52 Å². The maximum Gasteiger partial charge on any atom is 0.338 e. The molecule has 0 spiro atoms. The van der Waals surface area contributed by atoms with Gasteiger partial charge in [0.05, 0.1) is 0 Å². The Hall–Kier alpha value is -1.73. The molecule has 0 aliphatic rings. The largest absolute Gasteiger partial charge is 0.429 e. The Labute approximate surface area is 107 Å². The molecule has 1 N–H and O–H groups in total. The highest BCUT2D eigenvalue weighted by Gasteiger charge is 2.17. The van der Waals surface area contributed by atoms with Crippen LogP contribution in [-0.2, 0) is 4.57 Å². The third-order valence-electron chi connectivity index (χ3n) is 2.37. The first-order chi connectivity index (χ1) is 8.55. The maximum atomic E-state index is 12.3. The molecule has 0 radical (unpaired) electrons. The molecule has 0 saturated heterocycles. The van der Waals surface area contributed by atoms with Crippen LogP contribution in [0.3, 0.4) is 0 Å². The van der Waals surface area contributed by atoms with Gasteiger partial charge in [-0.1, -0.05) is 30.3 Å². The summed E-state index contributed by atoms with van der Waals surface area (Å²) >= 11 is 0. The fourth-order valence-corrected chi connectivity index (χ4v) is 2.83. The Kier molecular flexibility index (Phi) is 3.73. The van der Waals surface area contributed by atoms with Gasteiger partial charge in [0.15, 0.2) is 0 Å². The van der Waals surface area contributed by atoms with Crippen LogP contribution in [-0.4, -0.2) is 6.66 Å². The van der Waals surface area contributed by atoms with Crippen molar-refractivity contribution in [2.75, 3.05) is 11.8 Å². The maximum absolute atomic E-state index is 12.3. The van der Waals surface area contributed by atoms with E-state index in [9.17, 15) is 4.57 Å². The molecule has 18 heavy (non-hydrogen) atoms. The zero-order chi connectivity index (χ0) is 13.0. The SMILES string of the molecule is Cc1cccc(N[P@](C)(=O)Oc2ccccc2)c1. The molecule has 0 amide bonds. The van der Waals surface area contributed by atoms with Gasteiger partial charge in [-0.15, -0.1) is 0 Å². The van der Waals surface area contributed by atoms with Crippen LogP contribution in [0.4, 0.5) is 5.69 Å². The van der Waals surface area contributed by atoms with E-state index in [-0.39, 0.29) is 0 Å². The number of para-hydroxylation sites is 1. The van der Waals surface area contributed by atoms with Crippen molar-refractivity contribution in [1.82, 2.24) is 0 Å². The fourth-order valence-electron chi connectivity index (χ4n) is 1.65. The number of hydrogen-bond acceptors (Lipinski definition) is 2. The molecular weight excluding hydrogens is 245 g/mol. The number of hydrogen-bond donors (Lipinski definition) is 1. The van der Waals surface area contributed by atoms with E-state index in [1.165, 1.54) is 0 Å². The summed E-state index contributed by atoms with van der Waals surface area (Å²) in [5.74, 6) is 0.600. The predicted molar refractivity (Wildman–Crippen MR) is 75.4 cm³/mol. The highest BCUT2D eigenvalue weighted by atomic mass is 31.2. The van der Waals surface area contributed by atoms with Gasteiger partial charge in [0.1, 0.15) is 5.75 Å². The molecule has 2 aromatic rings. The minimum Gasteiger partial charge on any atom is -0.429 e. The minimum atomic E-state index is -2.91. The second kappa shape index (κ2) is 5.28. The number of nitrogens with one attached hydrogen (secondary N) is 1. The first kappa shape index (κ1) is 12.7. The van der Waals surface area contributed by atoms with E-state index in [0.717, 1.165) is 11.3 Å². The Morgan fingerprint density at radius 2 is 1.78 bits per heavy atom. The van der Waals surface area contributed by atoms with E-state index < -0.39 is 7.52 Å². The van der Waals surface area contributed by atoms with Crippen LogP contribution in [0.5, 0.6) is 5.75 Å². The van der Waals surface area contributed by atoms with Crippen molar-refractivity contribution in [1.29, 1.82) is 0 Å². The van der Waals surface area contributed by atoms with Gasteiger partial charge in [-0.05, 0) is 36.8 Å². The lowest BCUT2D eigenvalue weighted by Crippen LogP contribution is -2.02. The number of aryl methyl sites for hydroxylation is 1. The molecule has 94 valence electrons. The predicted octanol–water partition coefficient (Wildman–Crippen LogP) is 4.31. The summed E-state index contributed by atoms with van der Waals surface area (Å²) in [6.45, 7) is 3.56. The summed E-state index contributed by atoms with van der Waals surface area (Å²) in [5, 5.41) is 2.94. The van der Waals surface area contributed by atoms with E-state index >= 15 is 0 Å². The van der Waals surface area contributed by atoms with Crippen molar-refractivity contribution in [2.24, 2.45) is 0 Å². The summed E-state index contributed by atoms with van der Waals surface area (Å²) in [6.07, 6.45) is 0. The van der Waals surface area contributed by atoms with Gasteiger partial charge in [0.2, 0.25) is 0 Å². The molecule has 2 rings (SSSR count). The van der Waals surface area contributed by atoms with E-state index in [0.29, 0.717) is 5.75 Å². The van der Waals surface area contributed by atoms with E-state index in [4.69, 9.17) is 4.52 Å². The van der Waals surface area contributed by atoms with Crippen LogP contribution in [0, 0.1) is 6.92 Å². The lowest BCUT2D eigenvalue weighted by Gasteiger charge is -2.17. The van der Waals surface area contributed by atoms with Crippen molar-refractivity contribution >= 4 is 13.2 Å². The van der Waals surface area contributed by atoms with Gasteiger partial charge in [-0.2, -0.15) is 0 Å². The molecule has 0 aliphatic heterocycles. The smallest absolute Gasteiger partial charge is 0.338 e. The monoisotopic (exact) mass is 261 g/mol. The molecule has 2 aromatic carbocycles. The van der Waals surface area contributed by atoms with Gasteiger partial charge in [-0.25, -0.2) is 0 Å². The van der Waals surface area contributed by atoms with Crippen molar-refractivity contribution in [3.05, 3.63) is 60.2 Å². The second-order valence-electron chi connectivity index (χ2n) is 4.23. The first-order valence-electron chi connectivity index (χ1n) is 5.72. The standard InChI is InChI=1S/C14H16NO2P/c1-12-7-6-8-13(11-12)15-18(2,16)17-14-9-4-3-5-10-14/h3-11H,1-2H3,(H,15,16)/t18-/m1/s1. The molecular formula is C14H16NO2P. The molecule has 3 nitrogen and oxygen atoms in total. The molecule has 0 heterocycles. The fraction of sp³-hybridized carbons (Fsp3) is 0.143. The quantitative estimate of drug-likeness (QED) is 0.833. The molecule has 0 fully saturated rings. The highest BCUT2D eigenvalue weighted by Crippen LogP contribution is 2.43. The van der Waals surface area contributed by atoms with Crippen LogP contribution < -0.4 is 9.61 Å². The summed E-state index contributed by atoms with van der Waals surface area (Å²) in [7, 11) is -2.91. The van der Waals surface area contributed by atoms with E-state index in [2.05, 4.69) is 5.09 Å². The third-order valence-corrected chi connectivity index (χ3v) is 3.60. The van der Waals surface area contributed by atoms with Crippen molar-refractivity contribution in [2.45, 2.75) is 6.92 Å². The van der Waals surface area contributed by atoms with E-state index in [1.807, 2.05) is 49.4 Å². The van der Waals surface area contributed by atoms with Gasteiger partial charge in [0, 0.05) is 12.4 Å². The Bertz CT molecular complexity index is 569. The topological polar surface area (TPSA) is 38.3 Å². The minimum absolute atomic E-state index is 0.600. The molecule has 0 bridgehead atoms. The normalized spacial score (nSPS) is 13.7. The van der Waals surface area contributed by atoms with Crippen LogP contribution in [0.1, 0.15) is 5.56 Å². The molecule has 0 unspecified atom stereocenters. The number of rotatable bonds is 4. The Morgan fingerprint density at radius 3 is 2.44 bits per heavy atom. The Morgan fingerprint density at radius 1 is 1.06 bits per heavy atom. The lowest BCUT2D eigenvalue weighted by molar-refractivity contribution is 0.493. The third kappa shape index (κ3) is 3.64. The van der Waals surface area contributed by atoms with Gasteiger partial charge < -0.3 is 9.61 Å². The second-order valence-corrected chi connectivity index (χ2v) is 6.33. The zero-order valence-electron chi connectivity index (χ0n) is 10.5. The van der Waals surface area contributed by atoms with Crippen LogP contribution in [0.2, 0.25) is 0 Å². The van der Waals surface area contributed by atoms with Gasteiger partial charge in [0.25, 0.3) is 0 Å². The van der Waals surface area contributed by atoms with Crippen LogP contribution in [0.15, 0.2) is 54.6 Å². The summed E-state index contributed by atoms with van der Waals surface area (Å²) in [4.78, 5) is 0. The van der Waals surface area contributed by atoms with Gasteiger partial charge in [-0.3, -0.25) is 4.57 Å². The molecule has 0 aromatic heterocycles. The first-order valence-corrected chi connectivity index (χ1v) is 7.79. The van der Waals surface area contributed by atoms with Crippen molar-refractivity contribution in [3.8, 4) is 5.75 Å². The molecule has 4 heteroatoms. The van der Waals surface area contributed by atoms with Crippen molar-refractivity contribution < 1.29 is 9.09 Å². The molecule has 0 saturated carbocycles. The summed E-state index contributed by atoms with van der Waals surface area (Å²) in [6, 6.07) is 16.9. The van der Waals surface area contributed by atoms with Gasteiger partial charge >= 0.3 is 7.52 Å². The highest BCUT2D eigenvalue weighted by molar-refractivity contribution is 7.60. The number of benzene rings is 2. The number of anilines is 1. The average Bonchev–Trinajstić information content (AvgIpc) is 2.28. The zero-order valence-corrected chi connectivity index (χ0v) is 11.4. The average molecular weight is 261 g/mol. The summed E-state index contributed by atoms with van der Waals surface area (Å²) < 4.78 is 17.8. The molecule has 0 aliphatic carbocycles. The summed E-state index contributed by atoms with van der Waals surface area (Å²) in [5.41, 5.74) is 1.91. The van der Waals surface area contributed by atoms with Crippen molar-refractivity contribution in [3.63, 3.8) is 0 Å². The van der Waals surface area contributed by atoms with Crippen LogP contribution in [0.25, 0.3) is 0 Å². The van der Waals surface area contributed by atoms with E-state index in [1.54, 1.807) is 18.8 Å². The molecule has 1 atom stereocenters. The lowest BCUT2D eigenvalue weighted by atomic mass is 10.2.